The van der Waals surface area contributed by atoms with Gasteiger partial charge in [-0.05, 0) is 31.2 Å². The summed E-state index contributed by atoms with van der Waals surface area (Å²) in [5.41, 5.74) is 7.19. The Morgan fingerprint density at radius 3 is 2.59 bits per heavy atom. The Kier molecular flexibility index (Phi) is 5.88. The van der Waals surface area contributed by atoms with Crippen molar-refractivity contribution in [2.75, 3.05) is 11.9 Å². The Bertz CT molecular complexity index is 986. The number of para-hydroxylation sites is 1. The molecule has 6 nitrogen and oxygen atoms in total. The molecule has 0 saturated heterocycles. The van der Waals surface area contributed by atoms with Crippen molar-refractivity contribution in [1.29, 1.82) is 0 Å². The molecule has 2 amide bonds. The van der Waals surface area contributed by atoms with Gasteiger partial charge in [0, 0.05) is 14.9 Å². The summed E-state index contributed by atoms with van der Waals surface area (Å²) in [5, 5.41) is 3.28. The van der Waals surface area contributed by atoms with E-state index in [1.54, 1.807) is 24.3 Å². The molecule has 3 N–H and O–H groups in total. The van der Waals surface area contributed by atoms with Crippen molar-refractivity contribution >= 4 is 44.2 Å². The largest absolute Gasteiger partial charge is 0.483 e. The first-order chi connectivity index (χ1) is 12.9. The number of aromatic nitrogens is 1. The van der Waals surface area contributed by atoms with Gasteiger partial charge in [0.2, 0.25) is 0 Å². The molecule has 1 heterocycles. The number of ether oxygens (including phenoxy) is 1. The number of hydrogen-bond donors (Lipinski definition) is 2. The molecule has 3 rings (SSSR count). The summed E-state index contributed by atoms with van der Waals surface area (Å²) in [7, 11) is 0. The number of carbonyl (C=O) groups is 2. The molecule has 138 valence electrons. The Morgan fingerprint density at radius 1 is 1.19 bits per heavy atom. The Balaban J connectivity index is 1.80. The predicted molar refractivity (Wildman–Crippen MR) is 109 cm³/mol. The van der Waals surface area contributed by atoms with Crippen LogP contribution >= 0.6 is 27.3 Å². The van der Waals surface area contributed by atoms with E-state index in [1.807, 2.05) is 31.2 Å². The summed E-state index contributed by atoms with van der Waals surface area (Å²) in [6.45, 7) is 1.66. The van der Waals surface area contributed by atoms with Crippen molar-refractivity contribution in [1.82, 2.24) is 4.98 Å². The number of halogens is 1. The van der Waals surface area contributed by atoms with E-state index in [4.69, 9.17) is 10.5 Å². The van der Waals surface area contributed by atoms with E-state index in [-0.39, 0.29) is 18.3 Å². The third-order valence-corrected chi connectivity index (χ3v) is 5.05. The fourth-order valence-corrected chi connectivity index (χ4v) is 3.51. The number of nitrogens with one attached hydrogen (secondary N) is 1. The standard InChI is InChI=1S/C19H16BrN3O3S/c1-11-17(12-6-8-13(20)9-7-12)22-19(27-11)23-18(25)14-4-2-3-5-15(14)26-10-16(21)24/h2-9H,10H2,1H3,(H2,21,24)(H,22,23,25). The van der Waals surface area contributed by atoms with Gasteiger partial charge in [-0.25, -0.2) is 4.98 Å². The maximum atomic E-state index is 12.6. The highest BCUT2D eigenvalue weighted by atomic mass is 79.9. The third kappa shape index (κ3) is 4.72. The van der Waals surface area contributed by atoms with E-state index in [0.29, 0.717) is 10.7 Å². The minimum Gasteiger partial charge on any atom is -0.483 e. The number of hydrogen-bond acceptors (Lipinski definition) is 5. The summed E-state index contributed by atoms with van der Waals surface area (Å²) < 4.78 is 6.30. The number of thiazole rings is 1. The van der Waals surface area contributed by atoms with Gasteiger partial charge in [-0.15, -0.1) is 11.3 Å². The number of nitrogens with zero attached hydrogens (tertiary/aromatic N) is 1. The van der Waals surface area contributed by atoms with E-state index < -0.39 is 5.91 Å². The zero-order valence-corrected chi connectivity index (χ0v) is 16.8. The number of aryl methyl sites for hydroxylation is 1. The molecule has 0 spiro atoms. The van der Waals surface area contributed by atoms with Crippen LogP contribution in [0.15, 0.2) is 53.0 Å². The third-order valence-electron chi connectivity index (χ3n) is 3.64. The first-order valence-corrected chi connectivity index (χ1v) is 9.60. The second-order valence-electron chi connectivity index (χ2n) is 5.64. The molecule has 0 atom stereocenters. The summed E-state index contributed by atoms with van der Waals surface area (Å²) in [4.78, 5) is 29.1. The molecule has 27 heavy (non-hydrogen) atoms. The van der Waals surface area contributed by atoms with Crippen LogP contribution in [0.3, 0.4) is 0 Å². The van der Waals surface area contributed by atoms with E-state index >= 15 is 0 Å². The number of nitrogens with two attached hydrogens (primary N) is 1. The average Bonchev–Trinajstić information content (AvgIpc) is 3.01. The average molecular weight is 446 g/mol. The first-order valence-electron chi connectivity index (χ1n) is 7.99. The van der Waals surface area contributed by atoms with E-state index in [9.17, 15) is 9.59 Å². The summed E-state index contributed by atoms with van der Waals surface area (Å²) >= 11 is 4.80. The van der Waals surface area contributed by atoms with Gasteiger partial charge in [0.15, 0.2) is 11.7 Å². The normalized spacial score (nSPS) is 10.4. The molecule has 0 fully saturated rings. The van der Waals surface area contributed by atoms with E-state index in [0.717, 1.165) is 20.6 Å². The van der Waals surface area contributed by atoms with E-state index in [1.165, 1.54) is 11.3 Å². The maximum absolute atomic E-state index is 12.6. The van der Waals surface area contributed by atoms with Gasteiger partial charge < -0.3 is 10.5 Å². The Morgan fingerprint density at radius 2 is 1.89 bits per heavy atom. The minimum atomic E-state index is -0.611. The molecule has 0 unspecified atom stereocenters. The number of anilines is 1. The highest BCUT2D eigenvalue weighted by Crippen LogP contribution is 2.31. The number of amides is 2. The monoisotopic (exact) mass is 445 g/mol. The molecule has 3 aromatic rings. The fourth-order valence-electron chi connectivity index (χ4n) is 2.42. The summed E-state index contributed by atoms with van der Waals surface area (Å²) in [6, 6.07) is 14.5. The van der Waals surface area contributed by atoms with Crippen LogP contribution in [0.5, 0.6) is 5.75 Å². The highest BCUT2D eigenvalue weighted by Gasteiger charge is 2.16. The molecule has 0 aliphatic heterocycles. The van der Waals surface area contributed by atoms with Crippen LogP contribution in [0.25, 0.3) is 11.3 Å². The van der Waals surface area contributed by atoms with Crippen molar-refractivity contribution in [3.63, 3.8) is 0 Å². The second kappa shape index (κ2) is 8.32. The van der Waals surface area contributed by atoms with Crippen molar-refractivity contribution in [3.8, 4) is 17.0 Å². The Hall–Kier alpha value is -2.71. The molecule has 0 radical (unpaired) electrons. The van der Waals surface area contributed by atoms with Crippen LogP contribution in [-0.4, -0.2) is 23.4 Å². The molecule has 0 aliphatic rings. The zero-order valence-electron chi connectivity index (χ0n) is 14.4. The van der Waals surface area contributed by atoms with Crippen molar-refractivity contribution in [3.05, 3.63) is 63.4 Å². The predicted octanol–water partition coefficient (Wildman–Crippen LogP) is 4.00. The van der Waals surface area contributed by atoms with Gasteiger partial charge in [0.05, 0.1) is 11.3 Å². The molecule has 0 bridgehead atoms. The summed E-state index contributed by atoms with van der Waals surface area (Å²) in [6.07, 6.45) is 0. The fraction of sp³-hybridized carbons (Fsp3) is 0.105. The molecule has 2 aromatic carbocycles. The topological polar surface area (TPSA) is 94.3 Å². The van der Waals surface area contributed by atoms with Crippen LogP contribution in [0.4, 0.5) is 5.13 Å². The smallest absolute Gasteiger partial charge is 0.261 e. The Labute approximate surface area is 168 Å². The lowest BCUT2D eigenvalue weighted by Crippen LogP contribution is -2.21. The van der Waals surface area contributed by atoms with Gasteiger partial charge in [-0.3, -0.25) is 14.9 Å². The molecule has 0 aliphatic carbocycles. The second-order valence-corrected chi connectivity index (χ2v) is 7.75. The lowest BCUT2D eigenvalue weighted by molar-refractivity contribution is -0.119. The molecule has 8 heteroatoms. The zero-order chi connectivity index (χ0) is 19.4. The number of benzene rings is 2. The van der Waals surface area contributed by atoms with Crippen LogP contribution in [0.1, 0.15) is 15.2 Å². The van der Waals surface area contributed by atoms with Gasteiger partial charge in [0.1, 0.15) is 5.75 Å². The van der Waals surface area contributed by atoms with Crippen LogP contribution in [-0.2, 0) is 4.79 Å². The number of rotatable bonds is 6. The van der Waals surface area contributed by atoms with Crippen LogP contribution in [0.2, 0.25) is 0 Å². The van der Waals surface area contributed by atoms with Crippen molar-refractivity contribution in [2.24, 2.45) is 5.73 Å². The van der Waals surface area contributed by atoms with Crippen molar-refractivity contribution < 1.29 is 14.3 Å². The van der Waals surface area contributed by atoms with Crippen molar-refractivity contribution in [2.45, 2.75) is 6.92 Å². The number of carbonyl (C=O) groups excluding carboxylic acids is 2. The SMILES string of the molecule is Cc1sc(NC(=O)c2ccccc2OCC(N)=O)nc1-c1ccc(Br)cc1. The molecule has 0 saturated carbocycles. The molecular weight excluding hydrogens is 430 g/mol. The van der Waals surface area contributed by atoms with Gasteiger partial charge in [-0.1, -0.05) is 40.2 Å². The lowest BCUT2D eigenvalue weighted by atomic mass is 10.1. The van der Waals surface area contributed by atoms with Crippen LogP contribution < -0.4 is 15.8 Å². The summed E-state index contributed by atoms with van der Waals surface area (Å²) in [5.74, 6) is -0.693. The van der Waals surface area contributed by atoms with Gasteiger partial charge in [0.25, 0.3) is 11.8 Å². The molecular formula is C19H16BrN3O3S. The lowest BCUT2D eigenvalue weighted by Gasteiger charge is -2.09. The van der Waals surface area contributed by atoms with Gasteiger partial charge in [-0.2, -0.15) is 0 Å². The quantitative estimate of drug-likeness (QED) is 0.599. The highest BCUT2D eigenvalue weighted by molar-refractivity contribution is 9.10. The minimum absolute atomic E-state index is 0.287. The maximum Gasteiger partial charge on any atom is 0.261 e. The van der Waals surface area contributed by atoms with Gasteiger partial charge >= 0.3 is 0 Å². The first kappa shape index (κ1) is 19.1. The molecule has 1 aromatic heterocycles. The van der Waals surface area contributed by atoms with Crippen LogP contribution in [0, 0.1) is 6.92 Å². The van der Waals surface area contributed by atoms with E-state index in [2.05, 4.69) is 26.2 Å². The number of primary amides is 1.